The van der Waals surface area contributed by atoms with E-state index >= 15 is 0 Å². The molecule has 0 amide bonds. The second-order valence-electron chi connectivity index (χ2n) is 5.48. The summed E-state index contributed by atoms with van der Waals surface area (Å²) in [6.07, 6.45) is 2.64. The van der Waals surface area contributed by atoms with Crippen LogP contribution in [0.4, 0.5) is 10.1 Å². The molecule has 0 aliphatic carbocycles. The van der Waals surface area contributed by atoms with E-state index in [1.807, 2.05) is 6.07 Å². The van der Waals surface area contributed by atoms with Crippen LogP contribution in [0.5, 0.6) is 0 Å². The average Bonchev–Trinajstić information content (AvgIpc) is 2.47. The smallest absolute Gasteiger partial charge is 0.123 e. The lowest BCUT2D eigenvalue weighted by Gasteiger charge is -2.38. The maximum atomic E-state index is 13.6. The molecular weight excluding hydrogens is 255 g/mol. The molecule has 1 saturated heterocycles. The van der Waals surface area contributed by atoms with Crippen molar-refractivity contribution in [2.75, 3.05) is 24.7 Å². The fourth-order valence-corrected chi connectivity index (χ4v) is 2.73. The van der Waals surface area contributed by atoms with E-state index in [9.17, 15) is 4.39 Å². The second-order valence-corrected chi connectivity index (χ2v) is 5.48. The molecular formula is C16H25FN2O. The molecule has 2 rings (SSSR count). The van der Waals surface area contributed by atoms with Gasteiger partial charge in [0.1, 0.15) is 5.82 Å². The summed E-state index contributed by atoms with van der Waals surface area (Å²) in [4.78, 5) is 2.35. The van der Waals surface area contributed by atoms with Gasteiger partial charge in [-0.05, 0) is 43.0 Å². The Morgan fingerprint density at radius 2 is 2.25 bits per heavy atom. The first-order chi connectivity index (χ1) is 9.65. The summed E-state index contributed by atoms with van der Waals surface area (Å²) in [5, 5.41) is 0. The Labute approximate surface area is 120 Å². The van der Waals surface area contributed by atoms with Gasteiger partial charge < -0.3 is 15.4 Å². The molecule has 0 bridgehead atoms. The van der Waals surface area contributed by atoms with Crippen LogP contribution in [0.2, 0.25) is 0 Å². The SMILES string of the molecule is CCC(N)Cc1cc(F)ccc1N1CCOCC1CC. The maximum Gasteiger partial charge on any atom is 0.123 e. The van der Waals surface area contributed by atoms with Crippen molar-refractivity contribution >= 4 is 5.69 Å². The number of hydrogen-bond donors (Lipinski definition) is 1. The fraction of sp³-hybridized carbons (Fsp3) is 0.625. The lowest BCUT2D eigenvalue weighted by molar-refractivity contribution is 0.0929. The minimum atomic E-state index is -0.187. The zero-order chi connectivity index (χ0) is 14.5. The molecule has 2 unspecified atom stereocenters. The average molecular weight is 280 g/mol. The molecule has 4 heteroatoms. The quantitative estimate of drug-likeness (QED) is 0.901. The van der Waals surface area contributed by atoms with Gasteiger partial charge in [0, 0.05) is 18.3 Å². The number of ether oxygens (including phenoxy) is 1. The highest BCUT2D eigenvalue weighted by molar-refractivity contribution is 5.55. The molecule has 3 nitrogen and oxygen atoms in total. The summed E-state index contributed by atoms with van der Waals surface area (Å²) in [7, 11) is 0. The Morgan fingerprint density at radius 3 is 2.95 bits per heavy atom. The number of nitrogens with zero attached hydrogens (tertiary/aromatic N) is 1. The summed E-state index contributed by atoms with van der Waals surface area (Å²) < 4.78 is 19.1. The van der Waals surface area contributed by atoms with Gasteiger partial charge in [-0.2, -0.15) is 0 Å². The fourth-order valence-electron chi connectivity index (χ4n) is 2.73. The van der Waals surface area contributed by atoms with Gasteiger partial charge in [-0.1, -0.05) is 13.8 Å². The Kier molecular flexibility index (Phi) is 5.38. The molecule has 1 heterocycles. The second kappa shape index (κ2) is 7.04. The zero-order valence-corrected chi connectivity index (χ0v) is 12.4. The summed E-state index contributed by atoms with van der Waals surface area (Å²) >= 11 is 0. The molecule has 2 N–H and O–H groups in total. The highest BCUT2D eigenvalue weighted by Crippen LogP contribution is 2.27. The predicted octanol–water partition coefficient (Wildman–Crippen LogP) is 2.72. The summed E-state index contributed by atoms with van der Waals surface area (Å²) in [5.41, 5.74) is 8.18. The number of benzene rings is 1. The van der Waals surface area contributed by atoms with Crippen molar-refractivity contribution in [3.05, 3.63) is 29.6 Å². The first-order valence-electron chi connectivity index (χ1n) is 7.54. The van der Waals surface area contributed by atoms with Gasteiger partial charge in [0.05, 0.1) is 19.3 Å². The Morgan fingerprint density at radius 1 is 1.45 bits per heavy atom. The van der Waals surface area contributed by atoms with Gasteiger partial charge >= 0.3 is 0 Å². The van der Waals surface area contributed by atoms with E-state index in [-0.39, 0.29) is 11.9 Å². The van der Waals surface area contributed by atoms with Gasteiger partial charge in [0.2, 0.25) is 0 Å². The highest BCUT2D eigenvalue weighted by Gasteiger charge is 2.24. The van der Waals surface area contributed by atoms with Gasteiger partial charge in [-0.3, -0.25) is 0 Å². The highest BCUT2D eigenvalue weighted by atomic mass is 19.1. The van der Waals surface area contributed by atoms with Crippen LogP contribution in [-0.4, -0.2) is 31.8 Å². The third-order valence-electron chi connectivity index (χ3n) is 4.06. The molecule has 1 aromatic carbocycles. The van der Waals surface area contributed by atoms with Crippen molar-refractivity contribution in [1.29, 1.82) is 0 Å². The van der Waals surface area contributed by atoms with E-state index in [1.165, 1.54) is 0 Å². The van der Waals surface area contributed by atoms with Crippen LogP contribution in [0.1, 0.15) is 32.3 Å². The predicted molar refractivity (Wildman–Crippen MR) is 80.6 cm³/mol. The molecule has 0 saturated carbocycles. The number of halogens is 1. The normalized spacial score (nSPS) is 21.0. The number of anilines is 1. The number of rotatable bonds is 5. The Balaban J connectivity index is 2.29. The molecule has 1 aliphatic heterocycles. The van der Waals surface area contributed by atoms with Crippen molar-refractivity contribution in [3.8, 4) is 0 Å². The van der Waals surface area contributed by atoms with Crippen molar-refractivity contribution < 1.29 is 9.13 Å². The van der Waals surface area contributed by atoms with E-state index < -0.39 is 0 Å². The lowest BCUT2D eigenvalue weighted by atomic mass is 10.0. The van der Waals surface area contributed by atoms with E-state index in [0.29, 0.717) is 6.04 Å². The standard InChI is InChI=1S/C16H25FN2O/c1-3-14(18)10-12-9-13(17)5-6-16(12)19-7-8-20-11-15(19)4-2/h5-6,9,14-15H,3-4,7-8,10-11,18H2,1-2H3. The molecule has 1 fully saturated rings. The van der Waals surface area contributed by atoms with Crippen LogP contribution >= 0.6 is 0 Å². The minimum absolute atomic E-state index is 0.0802. The molecule has 0 aromatic heterocycles. The van der Waals surface area contributed by atoms with Crippen LogP contribution in [-0.2, 0) is 11.2 Å². The van der Waals surface area contributed by atoms with Crippen molar-refractivity contribution in [2.45, 2.75) is 45.2 Å². The largest absolute Gasteiger partial charge is 0.377 e. The summed E-state index contributed by atoms with van der Waals surface area (Å²) in [6, 6.07) is 5.51. The lowest BCUT2D eigenvalue weighted by Crippen LogP contribution is -2.45. The van der Waals surface area contributed by atoms with Gasteiger partial charge in [-0.25, -0.2) is 4.39 Å². The minimum Gasteiger partial charge on any atom is -0.377 e. The number of nitrogens with two attached hydrogens (primary N) is 1. The van der Waals surface area contributed by atoms with Crippen LogP contribution in [0, 0.1) is 5.82 Å². The third-order valence-corrected chi connectivity index (χ3v) is 4.06. The Hall–Kier alpha value is -1.13. The van der Waals surface area contributed by atoms with Gasteiger partial charge in [0.25, 0.3) is 0 Å². The molecule has 1 aliphatic rings. The molecule has 0 radical (unpaired) electrons. The zero-order valence-electron chi connectivity index (χ0n) is 12.4. The van der Waals surface area contributed by atoms with Crippen LogP contribution < -0.4 is 10.6 Å². The molecule has 20 heavy (non-hydrogen) atoms. The van der Waals surface area contributed by atoms with Crippen molar-refractivity contribution in [3.63, 3.8) is 0 Å². The van der Waals surface area contributed by atoms with E-state index in [4.69, 9.17) is 10.5 Å². The van der Waals surface area contributed by atoms with Gasteiger partial charge in [0.15, 0.2) is 0 Å². The van der Waals surface area contributed by atoms with E-state index in [2.05, 4.69) is 18.7 Å². The van der Waals surface area contributed by atoms with Crippen molar-refractivity contribution in [2.24, 2.45) is 5.73 Å². The topological polar surface area (TPSA) is 38.5 Å². The molecule has 2 atom stereocenters. The van der Waals surface area contributed by atoms with Crippen LogP contribution in [0.15, 0.2) is 18.2 Å². The summed E-state index contributed by atoms with van der Waals surface area (Å²) in [6.45, 7) is 6.55. The van der Waals surface area contributed by atoms with E-state index in [0.717, 1.165) is 50.3 Å². The van der Waals surface area contributed by atoms with Gasteiger partial charge in [-0.15, -0.1) is 0 Å². The first-order valence-corrected chi connectivity index (χ1v) is 7.54. The van der Waals surface area contributed by atoms with Crippen LogP contribution in [0.3, 0.4) is 0 Å². The third kappa shape index (κ3) is 3.49. The Bertz CT molecular complexity index is 438. The van der Waals surface area contributed by atoms with E-state index in [1.54, 1.807) is 12.1 Å². The maximum absolute atomic E-state index is 13.6. The monoisotopic (exact) mass is 280 g/mol. The number of hydrogen-bond acceptors (Lipinski definition) is 3. The summed E-state index contributed by atoms with van der Waals surface area (Å²) in [5.74, 6) is -0.187. The van der Waals surface area contributed by atoms with Crippen molar-refractivity contribution in [1.82, 2.24) is 0 Å². The van der Waals surface area contributed by atoms with Crippen LogP contribution in [0.25, 0.3) is 0 Å². The molecule has 0 spiro atoms. The number of morpholine rings is 1. The first kappa shape index (κ1) is 15.3. The molecule has 1 aromatic rings. The molecule has 112 valence electrons.